The van der Waals surface area contributed by atoms with E-state index in [1.54, 1.807) is 6.20 Å². The van der Waals surface area contributed by atoms with Gasteiger partial charge in [-0.15, -0.1) is 0 Å². The molecule has 25 heavy (non-hydrogen) atoms. The molecule has 134 valence electrons. The summed E-state index contributed by atoms with van der Waals surface area (Å²) in [4.78, 5) is 24.3. The second-order valence-corrected chi connectivity index (χ2v) is 6.75. The highest BCUT2D eigenvalue weighted by molar-refractivity contribution is 5.92. The van der Waals surface area contributed by atoms with E-state index in [0.717, 1.165) is 10.9 Å². The molecular formula is C19H24N2O4. The summed E-state index contributed by atoms with van der Waals surface area (Å²) in [5, 5.41) is 0.848. The van der Waals surface area contributed by atoms with Crippen molar-refractivity contribution in [3.05, 3.63) is 48.7 Å². The maximum atomic E-state index is 12.5. The van der Waals surface area contributed by atoms with E-state index >= 15 is 0 Å². The second-order valence-electron chi connectivity index (χ2n) is 6.75. The number of esters is 1. The molecular weight excluding hydrogens is 320 g/mol. The number of aromatic nitrogens is 1. The number of para-hydroxylation sites is 1. The standard InChI is InChI=1S/C19H24N2O4/c1-5-10-24-17(22)15(20)11-13-12-21(18(23)25-19(2,3)4)16-9-7-6-8-14(13)16/h5-9,12,15H,1,10-11,20H2,2-4H3/t15-/m1/s1. The summed E-state index contributed by atoms with van der Waals surface area (Å²) in [5.41, 5.74) is 6.82. The Balaban J connectivity index is 2.31. The number of nitrogens with two attached hydrogens (primary N) is 1. The van der Waals surface area contributed by atoms with Crippen LogP contribution < -0.4 is 5.73 Å². The summed E-state index contributed by atoms with van der Waals surface area (Å²) in [6.45, 7) is 9.04. The van der Waals surface area contributed by atoms with E-state index in [2.05, 4.69) is 6.58 Å². The van der Waals surface area contributed by atoms with Gasteiger partial charge in [-0.25, -0.2) is 4.79 Å². The largest absolute Gasteiger partial charge is 0.460 e. The predicted octanol–water partition coefficient (Wildman–Crippen LogP) is 3.02. The van der Waals surface area contributed by atoms with Gasteiger partial charge in [0.1, 0.15) is 18.2 Å². The molecule has 0 saturated carbocycles. The fourth-order valence-electron chi connectivity index (χ4n) is 2.44. The van der Waals surface area contributed by atoms with E-state index in [-0.39, 0.29) is 13.0 Å². The number of carbonyl (C=O) groups is 2. The molecule has 1 heterocycles. The summed E-state index contributed by atoms with van der Waals surface area (Å²) in [6, 6.07) is 6.59. The first-order valence-corrected chi connectivity index (χ1v) is 8.08. The van der Waals surface area contributed by atoms with Crippen molar-refractivity contribution in [3.8, 4) is 0 Å². The van der Waals surface area contributed by atoms with Gasteiger partial charge in [-0.3, -0.25) is 9.36 Å². The van der Waals surface area contributed by atoms with Gasteiger partial charge in [0.25, 0.3) is 0 Å². The third-order valence-electron chi connectivity index (χ3n) is 3.47. The Morgan fingerprint density at radius 3 is 2.64 bits per heavy atom. The molecule has 1 aromatic heterocycles. The zero-order valence-electron chi connectivity index (χ0n) is 14.8. The normalized spacial score (nSPS) is 12.6. The van der Waals surface area contributed by atoms with E-state index in [4.69, 9.17) is 15.2 Å². The highest BCUT2D eigenvalue weighted by Gasteiger charge is 2.23. The molecule has 0 unspecified atom stereocenters. The van der Waals surface area contributed by atoms with Crippen molar-refractivity contribution in [1.82, 2.24) is 4.57 Å². The molecule has 0 amide bonds. The van der Waals surface area contributed by atoms with E-state index in [9.17, 15) is 9.59 Å². The van der Waals surface area contributed by atoms with Gasteiger partial charge in [0, 0.05) is 18.0 Å². The minimum atomic E-state index is -0.821. The third-order valence-corrected chi connectivity index (χ3v) is 3.47. The smallest absolute Gasteiger partial charge is 0.419 e. The molecule has 0 aliphatic carbocycles. The second kappa shape index (κ2) is 7.53. The maximum Gasteiger partial charge on any atom is 0.419 e. The van der Waals surface area contributed by atoms with Gasteiger partial charge in [0.15, 0.2) is 0 Å². The van der Waals surface area contributed by atoms with Crippen molar-refractivity contribution >= 4 is 23.0 Å². The van der Waals surface area contributed by atoms with Gasteiger partial charge in [0.2, 0.25) is 0 Å². The molecule has 0 fully saturated rings. The number of benzene rings is 1. The van der Waals surface area contributed by atoms with Crippen LogP contribution in [0.1, 0.15) is 26.3 Å². The number of hydrogen-bond acceptors (Lipinski definition) is 5. The predicted molar refractivity (Wildman–Crippen MR) is 96.4 cm³/mol. The number of nitrogens with zero attached hydrogens (tertiary/aromatic N) is 1. The minimum Gasteiger partial charge on any atom is -0.460 e. The van der Waals surface area contributed by atoms with E-state index < -0.39 is 23.7 Å². The SMILES string of the molecule is C=CCOC(=O)[C@H](N)Cc1cn(C(=O)OC(C)(C)C)c2ccccc12. The first kappa shape index (κ1) is 18.7. The Kier molecular flexibility index (Phi) is 5.64. The van der Waals surface area contributed by atoms with Crippen LogP contribution in [-0.2, 0) is 20.7 Å². The number of hydrogen-bond donors (Lipinski definition) is 1. The van der Waals surface area contributed by atoms with Crippen LogP contribution in [0, 0.1) is 0 Å². The number of rotatable bonds is 5. The molecule has 2 rings (SSSR count). The lowest BCUT2D eigenvalue weighted by molar-refractivity contribution is -0.143. The van der Waals surface area contributed by atoms with Gasteiger partial charge in [-0.05, 0) is 32.4 Å². The Morgan fingerprint density at radius 2 is 2.00 bits per heavy atom. The van der Waals surface area contributed by atoms with Gasteiger partial charge < -0.3 is 15.2 Å². The van der Waals surface area contributed by atoms with Gasteiger partial charge in [-0.2, -0.15) is 0 Å². The minimum absolute atomic E-state index is 0.117. The van der Waals surface area contributed by atoms with Crippen LogP contribution in [0.2, 0.25) is 0 Å². The van der Waals surface area contributed by atoms with Crippen molar-refractivity contribution in [3.63, 3.8) is 0 Å². The first-order valence-electron chi connectivity index (χ1n) is 8.08. The summed E-state index contributed by atoms with van der Waals surface area (Å²) in [5.74, 6) is -0.506. The Labute approximate surface area is 147 Å². The number of fused-ring (bicyclic) bond motifs is 1. The molecule has 2 N–H and O–H groups in total. The monoisotopic (exact) mass is 344 g/mol. The molecule has 2 aromatic rings. The van der Waals surface area contributed by atoms with E-state index in [1.165, 1.54) is 10.6 Å². The van der Waals surface area contributed by atoms with Gasteiger partial charge >= 0.3 is 12.1 Å². The zero-order valence-corrected chi connectivity index (χ0v) is 14.8. The zero-order chi connectivity index (χ0) is 18.6. The highest BCUT2D eigenvalue weighted by atomic mass is 16.6. The van der Waals surface area contributed by atoms with Crippen molar-refractivity contribution in [2.24, 2.45) is 5.73 Å². The average Bonchev–Trinajstić information content (AvgIpc) is 2.90. The lowest BCUT2D eigenvalue weighted by Crippen LogP contribution is -2.34. The van der Waals surface area contributed by atoms with Crippen LogP contribution in [0.5, 0.6) is 0 Å². The fraction of sp³-hybridized carbons (Fsp3) is 0.368. The summed E-state index contributed by atoms with van der Waals surface area (Å²) < 4.78 is 11.9. The Hall–Kier alpha value is -2.60. The van der Waals surface area contributed by atoms with Crippen LogP contribution in [0.15, 0.2) is 43.1 Å². The quantitative estimate of drug-likeness (QED) is 0.666. The third kappa shape index (κ3) is 4.70. The van der Waals surface area contributed by atoms with Crippen LogP contribution in [0.4, 0.5) is 4.79 Å². The Bertz CT molecular complexity index is 786. The van der Waals surface area contributed by atoms with Crippen LogP contribution >= 0.6 is 0 Å². The van der Waals surface area contributed by atoms with Crippen molar-refractivity contribution in [1.29, 1.82) is 0 Å². The van der Waals surface area contributed by atoms with Crippen LogP contribution in [-0.4, -0.2) is 34.9 Å². The molecule has 1 atom stereocenters. The van der Waals surface area contributed by atoms with E-state index in [0.29, 0.717) is 5.52 Å². The van der Waals surface area contributed by atoms with Crippen molar-refractivity contribution in [2.45, 2.75) is 38.8 Å². The lowest BCUT2D eigenvalue weighted by atomic mass is 10.1. The summed E-state index contributed by atoms with van der Waals surface area (Å²) >= 11 is 0. The van der Waals surface area contributed by atoms with Crippen LogP contribution in [0.25, 0.3) is 10.9 Å². The number of carbonyl (C=O) groups excluding carboxylic acids is 2. The topological polar surface area (TPSA) is 83.5 Å². The maximum absolute atomic E-state index is 12.5. The van der Waals surface area contributed by atoms with Crippen molar-refractivity contribution < 1.29 is 19.1 Å². The molecule has 6 nitrogen and oxygen atoms in total. The Morgan fingerprint density at radius 1 is 1.32 bits per heavy atom. The van der Waals surface area contributed by atoms with Gasteiger partial charge in [0.05, 0.1) is 5.52 Å². The van der Waals surface area contributed by atoms with E-state index in [1.807, 2.05) is 45.0 Å². The molecule has 0 radical (unpaired) electrons. The highest BCUT2D eigenvalue weighted by Crippen LogP contribution is 2.24. The van der Waals surface area contributed by atoms with Gasteiger partial charge in [-0.1, -0.05) is 30.9 Å². The first-order chi connectivity index (χ1) is 11.7. The fourth-order valence-corrected chi connectivity index (χ4v) is 2.44. The molecule has 6 heteroatoms. The van der Waals surface area contributed by atoms with Crippen molar-refractivity contribution in [2.75, 3.05) is 6.61 Å². The molecule has 0 bridgehead atoms. The molecule has 0 saturated heterocycles. The average molecular weight is 344 g/mol. The molecule has 0 aliphatic rings. The molecule has 0 aliphatic heterocycles. The lowest BCUT2D eigenvalue weighted by Gasteiger charge is -2.19. The molecule has 0 spiro atoms. The summed E-state index contributed by atoms with van der Waals surface area (Å²) in [6.07, 6.45) is 2.93. The van der Waals surface area contributed by atoms with Crippen LogP contribution in [0.3, 0.4) is 0 Å². The number of ether oxygens (including phenoxy) is 2. The molecule has 1 aromatic carbocycles. The summed E-state index contributed by atoms with van der Waals surface area (Å²) in [7, 11) is 0.